The molecule has 0 aliphatic heterocycles. The Kier molecular flexibility index (Phi) is 6.73. The summed E-state index contributed by atoms with van der Waals surface area (Å²) in [5, 5.41) is 20.9. The Morgan fingerprint density at radius 1 is 1.19 bits per heavy atom. The van der Waals surface area contributed by atoms with E-state index in [1.165, 1.54) is 18.2 Å². The Balaban J connectivity index is 2.17. The number of aromatic carboxylic acids is 1. The van der Waals surface area contributed by atoms with Crippen LogP contribution in [0.2, 0.25) is 0 Å². The van der Waals surface area contributed by atoms with E-state index in [4.69, 9.17) is 9.84 Å². The number of nitriles is 1. The fourth-order valence-electron chi connectivity index (χ4n) is 2.28. The zero-order valence-corrected chi connectivity index (χ0v) is 15.1. The van der Waals surface area contributed by atoms with Gasteiger partial charge in [-0.2, -0.15) is 5.26 Å². The molecule has 0 fully saturated rings. The maximum atomic E-state index is 12.1. The first kappa shape index (κ1) is 19.7. The lowest BCUT2D eigenvalue weighted by atomic mass is 10.1. The Morgan fingerprint density at radius 2 is 1.85 bits per heavy atom. The highest BCUT2D eigenvalue weighted by Gasteiger charge is 2.12. The molecule has 0 aromatic heterocycles. The number of carbonyl (C=O) groups excluding carboxylic acids is 1. The molecule has 0 saturated heterocycles. The molecule has 2 aromatic rings. The third-order valence-electron chi connectivity index (χ3n) is 3.60. The van der Waals surface area contributed by atoms with E-state index in [9.17, 15) is 14.9 Å². The summed E-state index contributed by atoms with van der Waals surface area (Å²) in [7, 11) is 0. The van der Waals surface area contributed by atoms with Crippen molar-refractivity contribution in [2.24, 2.45) is 0 Å². The van der Waals surface area contributed by atoms with Gasteiger partial charge in [-0.05, 0) is 43.7 Å². The Morgan fingerprint density at radius 3 is 2.44 bits per heavy atom. The van der Waals surface area contributed by atoms with Crippen LogP contribution in [0.25, 0.3) is 6.08 Å². The van der Waals surface area contributed by atoms with Crippen LogP contribution in [-0.2, 0) is 11.4 Å². The molecule has 138 valence electrons. The van der Waals surface area contributed by atoms with Crippen molar-refractivity contribution in [3.63, 3.8) is 0 Å². The standard InChI is InChI=1S/C21H20N2O4/c1-14(2)23-20(24)18(12-22)11-17-5-3-4-6-19(17)27-13-15-7-9-16(10-8-15)21(25)26/h3-11,14H,13H2,1-2H3,(H,23,24)(H,25,26). The molecule has 2 N–H and O–H groups in total. The molecular weight excluding hydrogens is 344 g/mol. The average Bonchev–Trinajstić information content (AvgIpc) is 2.64. The summed E-state index contributed by atoms with van der Waals surface area (Å²) in [6.07, 6.45) is 1.49. The lowest BCUT2D eigenvalue weighted by Crippen LogP contribution is -2.30. The largest absolute Gasteiger partial charge is 0.488 e. The van der Waals surface area contributed by atoms with E-state index < -0.39 is 11.9 Å². The van der Waals surface area contributed by atoms with Gasteiger partial charge in [0.1, 0.15) is 24.0 Å². The van der Waals surface area contributed by atoms with Gasteiger partial charge in [-0.3, -0.25) is 4.79 Å². The summed E-state index contributed by atoms with van der Waals surface area (Å²) >= 11 is 0. The highest BCUT2D eigenvalue weighted by atomic mass is 16.5. The maximum absolute atomic E-state index is 12.1. The van der Waals surface area contributed by atoms with E-state index in [1.54, 1.807) is 36.4 Å². The molecule has 6 nitrogen and oxygen atoms in total. The number of para-hydroxylation sites is 1. The van der Waals surface area contributed by atoms with Gasteiger partial charge in [0.2, 0.25) is 0 Å². The minimum Gasteiger partial charge on any atom is -0.488 e. The summed E-state index contributed by atoms with van der Waals surface area (Å²) in [6.45, 7) is 3.87. The first-order chi connectivity index (χ1) is 12.9. The molecule has 2 aromatic carbocycles. The monoisotopic (exact) mass is 364 g/mol. The number of ether oxygens (including phenoxy) is 1. The zero-order chi connectivity index (χ0) is 19.8. The summed E-state index contributed by atoms with van der Waals surface area (Å²) in [5.41, 5.74) is 1.61. The van der Waals surface area contributed by atoms with Crippen molar-refractivity contribution in [2.75, 3.05) is 0 Å². The van der Waals surface area contributed by atoms with Crippen LogP contribution >= 0.6 is 0 Å². The molecule has 0 spiro atoms. The molecule has 6 heteroatoms. The van der Waals surface area contributed by atoms with Crippen molar-refractivity contribution >= 4 is 18.0 Å². The Hall–Kier alpha value is -3.59. The summed E-state index contributed by atoms with van der Waals surface area (Å²) < 4.78 is 5.80. The van der Waals surface area contributed by atoms with E-state index in [-0.39, 0.29) is 23.8 Å². The van der Waals surface area contributed by atoms with Crippen LogP contribution in [0.4, 0.5) is 0 Å². The summed E-state index contributed by atoms with van der Waals surface area (Å²) in [5.74, 6) is -0.905. The Bertz CT molecular complexity index is 893. The van der Waals surface area contributed by atoms with Crippen LogP contribution < -0.4 is 10.1 Å². The number of amides is 1. The van der Waals surface area contributed by atoms with Crippen molar-refractivity contribution in [1.29, 1.82) is 5.26 Å². The molecule has 0 aliphatic rings. The van der Waals surface area contributed by atoms with Crippen LogP contribution in [0.5, 0.6) is 5.75 Å². The lowest BCUT2D eigenvalue weighted by Gasteiger charge is -2.11. The van der Waals surface area contributed by atoms with E-state index in [2.05, 4.69) is 5.32 Å². The number of carbonyl (C=O) groups is 2. The van der Waals surface area contributed by atoms with Gasteiger partial charge in [0.15, 0.2) is 0 Å². The second kappa shape index (κ2) is 9.20. The minimum atomic E-state index is -0.985. The second-order valence-electron chi connectivity index (χ2n) is 6.13. The van der Waals surface area contributed by atoms with E-state index in [0.29, 0.717) is 11.3 Å². The highest BCUT2D eigenvalue weighted by Crippen LogP contribution is 2.22. The van der Waals surface area contributed by atoms with Gasteiger partial charge in [-0.1, -0.05) is 30.3 Å². The van der Waals surface area contributed by atoms with Crippen LogP contribution in [0.3, 0.4) is 0 Å². The van der Waals surface area contributed by atoms with Crippen molar-refractivity contribution < 1.29 is 19.4 Å². The molecule has 0 bridgehead atoms. The topological polar surface area (TPSA) is 99.4 Å². The SMILES string of the molecule is CC(C)NC(=O)C(C#N)=Cc1ccccc1OCc1ccc(C(=O)O)cc1. The average molecular weight is 364 g/mol. The number of hydrogen-bond acceptors (Lipinski definition) is 4. The second-order valence-corrected chi connectivity index (χ2v) is 6.13. The smallest absolute Gasteiger partial charge is 0.335 e. The maximum Gasteiger partial charge on any atom is 0.335 e. The predicted molar refractivity (Wildman–Crippen MR) is 101 cm³/mol. The van der Waals surface area contributed by atoms with Gasteiger partial charge in [0.25, 0.3) is 5.91 Å². The molecule has 0 unspecified atom stereocenters. The summed E-state index contributed by atoms with van der Waals surface area (Å²) in [6, 6.07) is 15.3. The van der Waals surface area contributed by atoms with Crippen molar-refractivity contribution in [1.82, 2.24) is 5.32 Å². The molecule has 0 radical (unpaired) electrons. The van der Waals surface area contributed by atoms with Crippen molar-refractivity contribution in [3.05, 3.63) is 70.8 Å². The van der Waals surface area contributed by atoms with Crippen LogP contribution in [0.1, 0.15) is 35.3 Å². The van der Waals surface area contributed by atoms with Crippen LogP contribution in [-0.4, -0.2) is 23.0 Å². The summed E-state index contributed by atoms with van der Waals surface area (Å²) in [4.78, 5) is 23.0. The molecule has 0 atom stereocenters. The van der Waals surface area contributed by atoms with Gasteiger partial charge >= 0.3 is 5.97 Å². The third-order valence-corrected chi connectivity index (χ3v) is 3.60. The van der Waals surface area contributed by atoms with Gasteiger partial charge in [0, 0.05) is 11.6 Å². The molecule has 0 saturated carbocycles. The van der Waals surface area contributed by atoms with E-state index >= 15 is 0 Å². The van der Waals surface area contributed by atoms with Crippen LogP contribution in [0, 0.1) is 11.3 Å². The quantitative estimate of drug-likeness (QED) is 0.579. The fourth-order valence-corrected chi connectivity index (χ4v) is 2.28. The number of carboxylic acids is 1. The van der Waals surface area contributed by atoms with Gasteiger partial charge in [-0.15, -0.1) is 0 Å². The first-order valence-corrected chi connectivity index (χ1v) is 8.37. The zero-order valence-electron chi connectivity index (χ0n) is 15.1. The normalized spacial score (nSPS) is 11.0. The Labute approximate surface area is 157 Å². The molecule has 0 aliphatic carbocycles. The molecule has 0 heterocycles. The van der Waals surface area contributed by atoms with Crippen molar-refractivity contribution in [2.45, 2.75) is 26.5 Å². The van der Waals surface area contributed by atoms with Gasteiger partial charge < -0.3 is 15.2 Å². The molecule has 27 heavy (non-hydrogen) atoms. The fraction of sp³-hybridized carbons (Fsp3) is 0.190. The number of rotatable bonds is 7. The lowest BCUT2D eigenvalue weighted by molar-refractivity contribution is -0.117. The van der Waals surface area contributed by atoms with Gasteiger partial charge in [-0.25, -0.2) is 4.79 Å². The number of hydrogen-bond donors (Lipinski definition) is 2. The predicted octanol–water partition coefficient (Wildman–Crippen LogP) is 3.40. The molecule has 2 rings (SSSR count). The van der Waals surface area contributed by atoms with Crippen LogP contribution in [0.15, 0.2) is 54.1 Å². The minimum absolute atomic E-state index is 0.00874. The molecular formula is C21H20N2O4. The van der Waals surface area contributed by atoms with E-state index in [0.717, 1.165) is 5.56 Å². The number of nitrogens with zero attached hydrogens (tertiary/aromatic N) is 1. The third kappa shape index (κ3) is 5.72. The number of nitrogens with one attached hydrogen (secondary N) is 1. The number of benzene rings is 2. The first-order valence-electron chi connectivity index (χ1n) is 8.37. The van der Waals surface area contributed by atoms with E-state index in [1.807, 2.05) is 19.9 Å². The molecule has 1 amide bonds. The van der Waals surface area contributed by atoms with Gasteiger partial charge in [0.05, 0.1) is 5.56 Å². The highest BCUT2D eigenvalue weighted by molar-refractivity contribution is 6.02. The van der Waals surface area contributed by atoms with Crippen molar-refractivity contribution in [3.8, 4) is 11.8 Å². The number of carboxylic acid groups (broad SMARTS) is 1.